The Morgan fingerprint density at radius 2 is 1.69 bits per heavy atom. The van der Waals surface area contributed by atoms with E-state index < -0.39 is 39.2 Å². The molecule has 2 aromatic rings. The average Bonchev–Trinajstić information content (AvgIpc) is 2.54. The van der Waals surface area contributed by atoms with Gasteiger partial charge in [-0.2, -0.15) is 13.2 Å². The van der Waals surface area contributed by atoms with Gasteiger partial charge >= 0.3 is 12.1 Å². The smallest absolute Gasteiger partial charge is 0.419 e. The molecule has 0 amide bonds. The van der Waals surface area contributed by atoms with E-state index in [-0.39, 0.29) is 17.7 Å². The van der Waals surface area contributed by atoms with E-state index in [1.54, 1.807) is 0 Å². The maximum Gasteiger partial charge on any atom is 0.419 e. The third kappa shape index (κ3) is 4.94. The molecule has 0 aliphatic rings. The molecular formula is C16H13F4NO4S. The van der Waals surface area contributed by atoms with Gasteiger partial charge in [-0.3, -0.25) is 9.52 Å². The summed E-state index contributed by atoms with van der Waals surface area (Å²) in [5, 5.41) is 8.61. The number of hydrogen-bond donors (Lipinski definition) is 2. The van der Waals surface area contributed by atoms with Crippen LogP contribution in [0.1, 0.15) is 17.5 Å². The lowest BCUT2D eigenvalue weighted by molar-refractivity contribution is -0.140. The van der Waals surface area contributed by atoms with Gasteiger partial charge in [0.15, 0.2) is 0 Å². The summed E-state index contributed by atoms with van der Waals surface area (Å²) >= 11 is 0. The number of anilines is 1. The number of carboxylic acids is 1. The van der Waals surface area contributed by atoms with Gasteiger partial charge < -0.3 is 5.11 Å². The first-order chi connectivity index (χ1) is 12.0. The third-order valence-corrected chi connectivity index (χ3v) is 4.78. The van der Waals surface area contributed by atoms with E-state index >= 15 is 0 Å². The van der Waals surface area contributed by atoms with Crippen molar-refractivity contribution in [1.82, 2.24) is 0 Å². The highest BCUT2D eigenvalue weighted by Gasteiger charge is 2.34. The summed E-state index contributed by atoms with van der Waals surface area (Å²) in [5.74, 6) is -2.51. The molecule has 0 atom stereocenters. The fourth-order valence-corrected chi connectivity index (χ4v) is 3.16. The van der Waals surface area contributed by atoms with Crippen molar-refractivity contribution in [2.45, 2.75) is 23.9 Å². The number of benzene rings is 2. The van der Waals surface area contributed by atoms with E-state index in [0.29, 0.717) is 17.7 Å². The second-order valence-corrected chi connectivity index (χ2v) is 7.02. The van der Waals surface area contributed by atoms with Crippen LogP contribution in [0.2, 0.25) is 0 Å². The Morgan fingerprint density at radius 1 is 1.08 bits per heavy atom. The Balaban J connectivity index is 2.22. The predicted molar refractivity (Wildman–Crippen MR) is 84.6 cm³/mol. The van der Waals surface area contributed by atoms with Crippen LogP contribution in [0.5, 0.6) is 0 Å². The molecule has 0 bridgehead atoms. The Hall–Kier alpha value is -2.62. The Morgan fingerprint density at radius 3 is 2.23 bits per heavy atom. The zero-order chi connectivity index (χ0) is 19.5. The van der Waals surface area contributed by atoms with Crippen LogP contribution in [0.15, 0.2) is 47.4 Å². The van der Waals surface area contributed by atoms with Crippen LogP contribution < -0.4 is 4.72 Å². The highest BCUT2D eigenvalue weighted by atomic mass is 32.2. The van der Waals surface area contributed by atoms with Crippen LogP contribution in [-0.4, -0.2) is 19.5 Å². The molecule has 0 spiro atoms. The van der Waals surface area contributed by atoms with Gasteiger partial charge in [0, 0.05) is 12.1 Å². The van der Waals surface area contributed by atoms with Gasteiger partial charge in [-0.15, -0.1) is 0 Å². The Bertz CT molecular complexity index is 909. The number of hydrogen-bond acceptors (Lipinski definition) is 3. The van der Waals surface area contributed by atoms with Gasteiger partial charge in [0.25, 0.3) is 10.0 Å². The summed E-state index contributed by atoms with van der Waals surface area (Å²) in [4.78, 5) is 10.3. The van der Waals surface area contributed by atoms with Crippen LogP contribution in [-0.2, 0) is 27.4 Å². The molecule has 0 aliphatic carbocycles. The third-order valence-electron chi connectivity index (χ3n) is 3.39. The molecule has 0 aliphatic heterocycles. The molecule has 5 nitrogen and oxygen atoms in total. The van der Waals surface area contributed by atoms with Gasteiger partial charge in [-0.05, 0) is 42.3 Å². The summed E-state index contributed by atoms with van der Waals surface area (Å²) in [6, 6.07) is 6.99. The zero-order valence-corrected chi connectivity index (χ0v) is 13.9. The number of alkyl halides is 3. The quantitative estimate of drug-likeness (QED) is 0.736. The summed E-state index contributed by atoms with van der Waals surface area (Å²) < 4.78 is 77.8. The SMILES string of the molecule is O=C(O)CCc1ccc(S(=O)(=O)Nc2ccc(F)c(C(F)(F)F)c2)cc1. The van der Waals surface area contributed by atoms with E-state index in [1.807, 2.05) is 4.72 Å². The molecular weight excluding hydrogens is 378 g/mol. The number of sulfonamides is 1. The first-order valence-corrected chi connectivity index (χ1v) is 8.67. The number of nitrogens with one attached hydrogen (secondary N) is 1. The minimum atomic E-state index is -4.96. The Kier molecular flexibility index (Phi) is 5.55. The normalized spacial score (nSPS) is 12.0. The molecule has 26 heavy (non-hydrogen) atoms. The summed E-state index contributed by atoms with van der Waals surface area (Å²) in [6.07, 6.45) is -4.88. The van der Waals surface area contributed by atoms with Crippen molar-refractivity contribution >= 4 is 21.7 Å². The highest BCUT2D eigenvalue weighted by molar-refractivity contribution is 7.92. The van der Waals surface area contributed by atoms with Crippen LogP contribution in [0.25, 0.3) is 0 Å². The maximum atomic E-state index is 13.3. The van der Waals surface area contributed by atoms with Crippen molar-refractivity contribution in [3.63, 3.8) is 0 Å². The van der Waals surface area contributed by atoms with Crippen LogP contribution >= 0.6 is 0 Å². The number of halogens is 4. The maximum absolute atomic E-state index is 13.3. The topological polar surface area (TPSA) is 83.5 Å². The standard InChI is InChI=1S/C16H13F4NO4S/c17-14-7-4-11(9-13(14)16(18,19)20)21-26(24,25)12-5-1-10(2-6-12)3-8-15(22)23/h1-2,4-7,9,21H,3,8H2,(H,22,23). The molecule has 2 aromatic carbocycles. The fraction of sp³-hybridized carbons (Fsp3) is 0.188. The van der Waals surface area contributed by atoms with Gasteiger partial charge in [0.05, 0.1) is 10.5 Å². The van der Waals surface area contributed by atoms with E-state index in [4.69, 9.17) is 5.11 Å². The predicted octanol–water partition coefficient (Wildman–Crippen LogP) is 3.66. The minimum Gasteiger partial charge on any atom is -0.481 e. The number of carbonyl (C=O) groups is 1. The average molecular weight is 391 g/mol. The molecule has 140 valence electrons. The number of rotatable bonds is 6. The minimum absolute atomic E-state index is 0.125. The first-order valence-electron chi connectivity index (χ1n) is 7.19. The number of aliphatic carboxylic acids is 1. The van der Waals surface area contributed by atoms with Crippen molar-refractivity contribution in [3.05, 3.63) is 59.4 Å². The molecule has 0 unspecified atom stereocenters. The van der Waals surface area contributed by atoms with E-state index in [2.05, 4.69) is 0 Å². The van der Waals surface area contributed by atoms with Gasteiger partial charge in [0.1, 0.15) is 5.82 Å². The molecule has 10 heteroatoms. The number of carboxylic acid groups (broad SMARTS) is 1. The van der Waals surface area contributed by atoms with Gasteiger partial charge in [0.2, 0.25) is 0 Å². The number of aryl methyl sites for hydroxylation is 1. The zero-order valence-electron chi connectivity index (χ0n) is 13.0. The summed E-state index contributed by atoms with van der Waals surface area (Å²) in [6.45, 7) is 0. The van der Waals surface area contributed by atoms with Crippen molar-refractivity contribution in [1.29, 1.82) is 0 Å². The summed E-state index contributed by atoms with van der Waals surface area (Å²) in [7, 11) is -4.19. The van der Waals surface area contributed by atoms with E-state index in [1.165, 1.54) is 24.3 Å². The monoisotopic (exact) mass is 391 g/mol. The molecule has 0 radical (unpaired) electrons. The second-order valence-electron chi connectivity index (χ2n) is 5.34. The second kappa shape index (κ2) is 7.32. The lowest BCUT2D eigenvalue weighted by Gasteiger charge is -2.12. The largest absolute Gasteiger partial charge is 0.481 e. The molecule has 0 aromatic heterocycles. The van der Waals surface area contributed by atoms with Crippen molar-refractivity contribution in [2.24, 2.45) is 0 Å². The van der Waals surface area contributed by atoms with Crippen LogP contribution in [0.3, 0.4) is 0 Å². The van der Waals surface area contributed by atoms with Crippen molar-refractivity contribution in [3.8, 4) is 0 Å². The van der Waals surface area contributed by atoms with Crippen molar-refractivity contribution in [2.75, 3.05) is 4.72 Å². The van der Waals surface area contributed by atoms with Gasteiger partial charge in [-0.25, -0.2) is 12.8 Å². The van der Waals surface area contributed by atoms with Crippen LogP contribution in [0.4, 0.5) is 23.2 Å². The first kappa shape index (κ1) is 19.7. The molecule has 0 saturated heterocycles. The van der Waals surface area contributed by atoms with E-state index in [0.717, 1.165) is 6.07 Å². The molecule has 2 rings (SSSR count). The molecule has 0 fully saturated rings. The highest BCUT2D eigenvalue weighted by Crippen LogP contribution is 2.33. The summed E-state index contributed by atoms with van der Waals surface area (Å²) in [5.41, 5.74) is -1.43. The van der Waals surface area contributed by atoms with Gasteiger partial charge in [-0.1, -0.05) is 12.1 Å². The Labute approximate surface area is 146 Å². The molecule has 2 N–H and O–H groups in total. The lowest BCUT2D eigenvalue weighted by atomic mass is 10.1. The van der Waals surface area contributed by atoms with Crippen LogP contribution in [0, 0.1) is 5.82 Å². The lowest BCUT2D eigenvalue weighted by Crippen LogP contribution is -2.15. The van der Waals surface area contributed by atoms with E-state index in [9.17, 15) is 30.8 Å². The molecule has 0 heterocycles. The molecule has 0 saturated carbocycles. The fourth-order valence-electron chi connectivity index (χ4n) is 2.11. The van der Waals surface area contributed by atoms with Crippen molar-refractivity contribution < 1.29 is 35.9 Å².